The fraction of sp³-hybridized carbons (Fsp3) is 0.667. The second-order valence-electron chi connectivity index (χ2n) is 4.21. The molecular weight excluding hydrogens is 220 g/mol. The average Bonchev–Trinajstić information content (AvgIpc) is 2.82. The van der Waals surface area contributed by atoms with Crippen molar-refractivity contribution in [3.63, 3.8) is 0 Å². The predicted molar refractivity (Wildman–Crippen MR) is 69.5 cm³/mol. The van der Waals surface area contributed by atoms with Crippen molar-refractivity contribution >= 4 is 11.3 Å². The number of hydrogen-bond donors (Lipinski definition) is 2. The Hall–Kier alpha value is -0.420. The number of hydrazine groups is 1. The Morgan fingerprint density at radius 2 is 2.38 bits per heavy atom. The predicted octanol–water partition coefficient (Wildman–Crippen LogP) is 2.33. The Kier molecular flexibility index (Phi) is 5.41. The van der Waals surface area contributed by atoms with E-state index < -0.39 is 0 Å². The molecule has 92 valence electrons. The molecule has 3 N–H and O–H groups in total. The average molecular weight is 242 g/mol. The first-order valence-electron chi connectivity index (χ1n) is 5.70. The Morgan fingerprint density at radius 3 is 2.81 bits per heavy atom. The zero-order valence-corrected chi connectivity index (χ0v) is 11.1. The van der Waals surface area contributed by atoms with E-state index in [1.807, 2.05) is 0 Å². The van der Waals surface area contributed by atoms with E-state index in [-0.39, 0.29) is 11.6 Å². The van der Waals surface area contributed by atoms with Gasteiger partial charge in [0.15, 0.2) is 0 Å². The molecule has 1 heterocycles. The van der Waals surface area contributed by atoms with Gasteiger partial charge in [-0.05, 0) is 37.6 Å². The smallest absolute Gasteiger partial charge is 0.0813 e. The standard InChI is InChI=1S/C12H22N2OS/c1-4-12(2,15-3)11(14-13)8-7-10-6-5-9-16-10/h5-6,9,11,14H,4,7-8,13H2,1-3H3. The van der Waals surface area contributed by atoms with Crippen molar-refractivity contribution in [3.05, 3.63) is 22.4 Å². The second kappa shape index (κ2) is 6.35. The molecule has 0 aliphatic heterocycles. The summed E-state index contributed by atoms with van der Waals surface area (Å²) in [5.41, 5.74) is 2.70. The maximum atomic E-state index is 5.62. The summed E-state index contributed by atoms with van der Waals surface area (Å²) in [7, 11) is 1.75. The van der Waals surface area contributed by atoms with Gasteiger partial charge in [-0.1, -0.05) is 13.0 Å². The number of nitrogens with one attached hydrogen (secondary N) is 1. The van der Waals surface area contributed by atoms with Crippen molar-refractivity contribution in [2.45, 2.75) is 44.8 Å². The van der Waals surface area contributed by atoms with E-state index in [2.05, 4.69) is 36.8 Å². The first kappa shape index (κ1) is 13.6. The minimum atomic E-state index is -0.188. The van der Waals surface area contributed by atoms with Crippen LogP contribution >= 0.6 is 11.3 Å². The van der Waals surface area contributed by atoms with Gasteiger partial charge in [0.2, 0.25) is 0 Å². The Balaban J connectivity index is 2.54. The van der Waals surface area contributed by atoms with E-state index in [0.717, 1.165) is 19.3 Å². The Morgan fingerprint density at radius 1 is 1.62 bits per heavy atom. The van der Waals surface area contributed by atoms with Gasteiger partial charge in [-0.15, -0.1) is 11.3 Å². The normalized spacial score (nSPS) is 17.0. The third-order valence-corrected chi connectivity index (χ3v) is 4.30. The maximum Gasteiger partial charge on any atom is 0.0813 e. The quantitative estimate of drug-likeness (QED) is 0.570. The summed E-state index contributed by atoms with van der Waals surface area (Å²) in [6.45, 7) is 4.23. The zero-order chi connectivity index (χ0) is 12.0. The zero-order valence-electron chi connectivity index (χ0n) is 10.3. The molecule has 0 saturated carbocycles. The van der Waals surface area contributed by atoms with Crippen LogP contribution in [0.4, 0.5) is 0 Å². The highest BCUT2D eigenvalue weighted by atomic mass is 32.1. The van der Waals surface area contributed by atoms with Gasteiger partial charge in [-0.3, -0.25) is 11.3 Å². The summed E-state index contributed by atoms with van der Waals surface area (Å²) in [5, 5.41) is 2.11. The topological polar surface area (TPSA) is 47.3 Å². The minimum Gasteiger partial charge on any atom is -0.377 e. The van der Waals surface area contributed by atoms with Crippen LogP contribution in [-0.4, -0.2) is 18.8 Å². The molecule has 0 radical (unpaired) electrons. The number of methoxy groups -OCH3 is 1. The van der Waals surface area contributed by atoms with Gasteiger partial charge in [0.1, 0.15) is 0 Å². The number of hydrogen-bond acceptors (Lipinski definition) is 4. The molecule has 2 atom stereocenters. The first-order valence-corrected chi connectivity index (χ1v) is 6.58. The molecule has 0 amide bonds. The molecule has 1 aromatic rings. The van der Waals surface area contributed by atoms with Crippen molar-refractivity contribution in [3.8, 4) is 0 Å². The molecule has 1 rings (SSSR count). The van der Waals surface area contributed by atoms with E-state index >= 15 is 0 Å². The number of ether oxygens (including phenoxy) is 1. The molecule has 16 heavy (non-hydrogen) atoms. The summed E-state index contributed by atoms with van der Waals surface area (Å²) >= 11 is 1.79. The minimum absolute atomic E-state index is 0.185. The molecule has 0 fully saturated rings. The van der Waals surface area contributed by atoms with E-state index in [1.165, 1.54) is 4.88 Å². The molecule has 0 aliphatic carbocycles. The van der Waals surface area contributed by atoms with Crippen molar-refractivity contribution in [1.29, 1.82) is 0 Å². The van der Waals surface area contributed by atoms with Crippen LogP contribution in [0.2, 0.25) is 0 Å². The van der Waals surface area contributed by atoms with Crippen LogP contribution in [-0.2, 0) is 11.2 Å². The van der Waals surface area contributed by atoms with Gasteiger partial charge < -0.3 is 4.74 Å². The fourth-order valence-corrected chi connectivity index (χ4v) is 2.56. The molecule has 0 aliphatic rings. The highest BCUT2D eigenvalue weighted by Crippen LogP contribution is 2.23. The molecule has 4 heteroatoms. The van der Waals surface area contributed by atoms with E-state index in [9.17, 15) is 0 Å². The third-order valence-electron chi connectivity index (χ3n) is 3.37. The molecule has 1 aromatic heterocycles. The van der Waals surface area contributed by atoms with Crippen LogP contribution in [0, 0.1) is 0 Å². The number of thiophene rings is 1. The maximum absolute atomic E-state index is 5.62. The lowest BCUT2D eigenvalue weighted by Crippen LogP contribution is -2.52. The molecule has 0 spiro atoms. The summed E-state index contributed by atoms with van der Waals surface area (Å²) in [6.07, 6.45) is 2.99. The second-order valence-corrected chi connectivity index (χ2v) is 5.24. The number of rotatable bonds is 7. The van der Waals surface area contributed by atoms with Crippen LogP contribution in [0.1, 0.15) is 31.6 Å². The lowest BCUT2D eigenvalue weighted by Gasteiger charge is -2.35. The summed E-state index contributed by atoms with van der Waals surface area (Å²) < 4.78 is 5.57. The van der Waals surface area contributed by atoms with E-state index in [1.54, 1.807) is 18.4 Å². The van der Waals surface area contributed by atoms with Crippen LogP contribution in [0.5, 0.6) is 0 Å². The first-order chi connectivity index (χ1) is 7.66. The molecule has 0 aromatic carbocycles. The largest absolute Gasteiger partial charge is 0.377 e. The number of nitrogens with two attached hydrogens (primary N) is 1. The molecule has 3 nitrogen and oxygen atoms in total. The Labute approximate surface area is 102 Å². The highest BCUT2D eigenvalue weighted by molar-refractivity contribution is 7.09. The summed E-state index contributed by atoms with van der Waals surface area (Å²) in [5.74, 6) is 5.62. The van der Waals surface area contributed by atoms with Gasteiger partial charge in [0.25, 0.3) is 0 Å². The summed E-state index contributed by atoms with van der Waals surface area (Å²) in [6, 6.07) is 4.43. The molecule has 2 unspecified atom stereocenters. The monoisotopic (exact) mass is 242 g/mol. The van der Waals surface area contributed by atoms with Gasteiger partial charge in [-0.25, -0.2) is 0 Å². The highest BCUT2D eigenvalue weighted by Gasteiger charge is 2.31. The molecule has 0 bridgehead atoms. The van der Waals surface area contributed by atoms with Crippen LogP contribution in [0.3, 0.4) is 0 Å². The van der Waals surface area contributed by atoms with Gasteiger partial charge >= 0.3 is 0 Å². The molecular formula is C12H22N2OS. The van der Waals surface area contributed by atoms with E-state index in [0.29, 0.717) is 0 Å². The van der Waals surface area contributed by atoms with Gasteiger partial charge in [0, 0.05) is 12.0 Å². The van der Waals surface area contributed by atoms with Crippen LogP contribution in [0.15, 0.2) is 17.5 Å². The van der Waals surface area contributed by atoms with Crippen molar-refractivity contribution in [1.82, 2.24) is 5.43 Å². The summed E-state index contributed by atoms with van der Waals surface area (Å²) in [4.78, 5) is 1.40. The molecule has 0 saturated heterocycles. The SMILES string of the molecule is CCC(C)(OC)C(CCc1cccs1)NN. The van der Waals surface area contributed by atoms with Crippen molar-refractivity contribution in [2.24, 2.45) is 5.84 Å². The lowest BCUT2D eigenvalue weighted by molar-refractivity contribution is -0.0309. The van der Waals surface area contributed by atoms with E-state index in [4.69, 9.17) is 10.6 Å². The number of aryl methyl sites for hydroxylation is 1. The third kappa shape index (κ3) is 3.28. The lowest BCUT2D eigenvalue weighted by atomic mass is 9.90. The van der Waals surface area contributed by atoms with Crippen molar-refractivity contribution < 1.29 is 4.74 Å². The fourth-order valence-electron chi connectivity index (χ4n) is 1.84. The van der Waals surface area contributed by atoms with Gasteiger partial charge in [0.05, 0.1) is 11.6 Å². The van der Waals surface area contributed by atoms with Crippen molar-refractivity contribution in [2.75, 3.05) is 7.11 Å². The Bertz CT molecular complexity index is 283. The van der Waals surface area contributed by atoms with Crippen LogP contribution < -0.4 is 11.3 Å². The van der Waals surface area contributed by atoms with Crippen LogP contribution in [0.25, 0.3) is 0 Å². The van der Waals surface area contributed by atoms with Gasteiger partial charge in [-0.2, -0.15) is 0 Å².